The van der Waals surface area contributed by atoms with Crippen LogP contribution in [0.3, 0.4) is 0 Å². The van der Waals surface area contributed by atoms with E-state index in [-0.39, 0.29) is 12.0 Å². The van der Waals surface area contributed by atoms with E-state index in [0.29, 0.717) is 6.04 Å². The molecule has 1 saturated carbocycles. The Morgan fingerprint density at radius 1 is 1.38 bits per heavy atom. The molecule has 2 N–H and O–H groups in total. The summed E-state index contributed by atoms with van der Waals surface area (Å²) >= 11 is 0. The molecule has 0 radical (unpaired) electrons. The number of nitrogens with one attached hydrogen (secondary N) is 1. The topological polar surface area (TPSA) is 35.5 Å². The van der Waals surface area contributed by atoms with Gasteiger partial charge in [0, 0.05) is 43.2 Å². The molecule has 1 heterocycles. The van der Waals surface area contributed by atoms with Gasteiger partial charge in [-0.25, -0.2) is 0 Å². The van der Waals surface area contributed by atoms with Crippen LogP contribution in [0.2, 0.25) is 0 Å². The molecule has 2 aliphatic rings. The zero-order valence-electron chi connectivity index (χ0n) is 10.9. The lowest BCUT2D eigenvalue weighted by atomic mass is 9.94. The Hall–Kier alpha value is -0.120. The Bertz CT molecular complexity index is 238. The minimum atomic E-state index is 0.0102. The summed E-state index contributed by atoms with van der Waals surface area (Å²) < 4.78 is 0. The first-order chi connectivity index (χ1) is 7.52. The van der Waals surface area contributed by atoms with Gasteiger partial charge in [-0.2, -0.15) is 0 Å². The number of nitrogens with zero attached hydrogens (tertiary/aromatic N) is 1. The highest BCUT2D eigenvalue weighted by Crippen LogP contribution is 2.33. The molecule has 3 heteroatoms. The fourth-order valence-corrected chi connectivity index (χ4v) is 2.60. The van der Waals surface area contributed by atoms with Gasteiger partial charge in [0.15, 0.2) is 0 Å². The smallest absolute Gasteiger partial charge is 0.0494 e. The van der Waals surface area contributed by atoms with Crippen LogP contribution in [0.25, 0.3) is 0 Å². The number of aliphatic hydroxyl groups is 1. The maximum atomic E-state index is 9.22. The van der Waals surface area contributed by atoms with E-state index in [0.717, 1.165) is 18.6 Å². The Labute approximate surface area is 99.2 Å². The van der Waals surface area contributed by atoms with Crippen LogP contribution in [0.4, 0.5) is 0 Å². The molecule has 0 amide bonds. The number of rotatable bonds is 5. The lowest BCUT2D eigenvalue weighted by molar-refractivity contribution is 0.153. The summed E-state index contributed by atoms with van der Waals surface area (Å²) in [6, 6.07) is 2.25. The van der Waals surface area contributed by atoms with Crippen LogP contribution in [0.5, 0.6) is 0 Å². The van der Waals surface area contributed by atoms with Crippen molar-refractivity contribution in [3.05, 3.63) is 0 Å². The van der Waals surface area contributed by atoms with Gasteiger partial charge in [0.1, 0.15) is 0 Å². The highest BCUT2D eigenvalue weighted by Gasteiger charge is 2.38. The molecule has 94 valence electrons. The van der Waals surface area contributed by atoms with Gasteiger partial charge in [-0.05, 0) is 26.2 Å². The third kappa shape index (κ3) is 2.96. The zero-order chi connectivity index (χ0) is 11.8. The van der Waals surface area contributed by atoms with Crippen molar-refractivity contribution < 1.29 is 5.11 Å². The second-order valence-electron chi connectivity index (χ2n) is 6.41. The monoisotopic (exact) mass is 226 g/mol. The maximum absolute atomic E-state index is 9.22. The summed E-state index contributed by atoms with van der Waals surface area (Å²) in [5.74, 6) is 0. The Morgan fingerprint density at radius 3 is 2.62 bits per heavy atom. The molecule has 2 rings (SSSR count). The van der Waals surface area contributed by atoms with E-state index in [1.807, 2.05) is 0 Å². The van der Waals surface area contributed by atoms with Crippen molar-refractivity contribution in [2.75, 3.05) is 19.7 Å². The van der Waals surface area contributed by atoms with Crippen LogP contribution in [-0.4, -0.2) is 47.8 Å². The standard InChI is InChI=1S/C13H26N2O/c1-10-6-11(7-15(10)12-4-5-12)14-8-13(2,3)9-16/h10-12,14,16H,4-9H2,1-3H3. The summed E-state index contributed by atoms with van der Waals surface area (Å²) in [4.78, 5) is 2.66. The van der Waals surface area contributed by atoms with Gasteiger partial charge >= 0.3 is 0 Å². The van der Waals surface area contributed by atoms with Crippen molar-refractivity contribution in [1.29, 1.82) is 0 Å². The SMILES string of the molecule is CC1CC(NCC(C)(C)CO)CN1C1CC1. The zero-order valence-corrected chi connectivity index (χ0v) is 10.9. The molecule has 0 aromatic rings. The average molecular weight is 226 g/mol. The van der Waals surface area contributed by atoms with Crippen LogP contribution in [0, 0.1) is 5.41 Å². The van der Waals surface area contributed by atoms with Crippen LogP contribution < -0.4 is 5.32 Å². The van der Waals surface area contributed by atoms with Crippen molar-refractivity contribution in [1.82, 2.24) is 10.2 Å². The fraction of sp³-hybridized carbons (Fsp3) is 1.00. The third-order valence-corrected chi connectivity index (χ3v) is 3.94. The molecule has 0 spiro atoms. The number of hydrogen-bond donors (Lipinski definition) is 2. The van der Waals surface area contributed by atoms with E-state index in [1.165, 1.54) is 25.8 Å². The molecule has 2 fully saturated rings. The molecule has 0 aromatic heterocycles. The van der Waals surface area contributed by atoms with Crippen molar-refractivity contribution in [3.8, 4) is 0 Å². The Kier molecular flexibility index (Phi) is 3.57. The van der Waals surface area contributed by atoms with E-state index in [1.54, 1.807) is 0 Å². The van der Waals surface area contributed by atoms with E-state index in [2.05, 4.69) is 31.0 Å². The minimum Gasteiger partial charge on any atom is -0.396 e. The second kappa shape index (κ2) is 4.63. The largest absolute Gasteiger partial charge is 0.396 e. The Morgan fingerprint density at radius 2 is 2.06 bits per heavy atom. The summed E-state index contributed by atoms with van der Waals surface area (Å²) in [6.07, 6.45) is 4.07. The molecule has 3 nitrogen and oxygen atoms in total. The van der Waals surface area contributed by atoms with E-state index in [9.17, 15) is 5.11 Å². The van der Waals surface area contributed by atoms with Gasteiger partial charge in [0.05, 0.1) is 0 Å². The molecule has 16 heavy (non-hydrogen) atoms. The van der Waals surface area contributed by atoms with Gasteiger partial charge in [-0.15, -0.1) is 0 Å². The lowest BCUT2D eigenvalue weighted by Crippen LogP contribution is -2.40. The van der Waals surface area contributed by atoms with Crippen molar-refractivity contribution in [2.24, 2.45) is 5.41 Å². The first-order valence-electron chi connectivity index (χ1n) is 6.62. The quantitative estimate of drug-likeness (QED) is 0.740. The lowest BCUT2D eigenvalue weighted by Gasteiger charge is -2.25. The van der Waals surface area contributed by atoms with Gasteiger partial charge in [0.25, 0.3) is 0 Å². The number of aliphatic hydroxyl groups excluding tert-OH is 1. The molecule has 0 bridgehead atoms. The summed E-state index contributed by atoms with van der Waals surface area (Å²) in [5.41, 5.74) is 0.0102. The minimum absolute atomic E-state index is 0.0102. The Balaban J connectivity index is 1.75. The van der Waals surface area contributed by atoms with Crippen molar-refractivity contribution in [3.63, 3.8) is 0 Å². The molecular formula is C13H26N2O. The number of likely N-dealkylation sites (tertiary alicyclic amines) is 1. The predicted molar refractivity (Wildman–Crippen MR) is 66.5 cm³/mol. The van der Waals surface area contributed by atoms with Crippen molar-refractivity contribution >= 4 is 0 Å². The van der Waals surface area contributed by atoms with Gasteiger partial charge in [0.2, 0.25) is 0 Å². The molecule has 1 saturated heterocycles. The summed E-state index contributed by atoms with van der Waals surface area (Å²) in [6.45, 7) is 8.94. The van der Waals surface area contributed by atoms with E-state index in [4.69, 9.17) is 0 Å². The van der Waals surface area contributed by atoms with Crippen LogP contribution >= 0.6 is 0 Å². The second-order valence-corrected chi connectivity index (χ2v) is 6.41. The normalized spacial score (nSPS) is 32.2. The van der Waals surface area contributed by atoms with Gasteiger partial charge in [-0.3, -0.25) is 4.90 Å². The average Bonchev–Trinajstić information content (AvgIpc) is 3.01. The van der Waals surface area contributed by atoms with Gasteiger partial charge in [-0.1, -0.05) is 13.8 Å². The van der Waals surface area contributed by atoms with Gasteiger partial charge < -0.3 is 10.4 Å². The molecular weight excluding hydrogens is 200 g/mol. The molecule has 1 aliphatic carbocycles. The first-order valence-corrected chi connectivity index (χ1v) is 6.62. The van der Waals surface area contributed by atoms with Crippen LogP contribution in [0.15, 0.2) is 0 Å². The first kappa shape index (κ1) is 12.3. The predicted octanol–water partition coefficient (Wildman–Crippen LogP) is 1.22. The number of hydrogen-bond acceptors (Lipinski definition) is 3. The summed E-state index contributed by atoms with van der Waals surface area (Å²) in [7, 11) is 0. The summed E-state index contributed by atoms with van der Waals surface area (Å²) in [5, 5.41) is 12.8. The molecule has 2 atom stereocenters. The van der Waals surface area contributed by atoms with Crippen LogP contribution in [-0.2, 0) is 0 Å². The van der Waals surface area contributed by atoms with Crippen LogP contribution in [0.1, 0.15) is 40.0 Å². The third-order valence-electron chi connectivity index (χ3n) is 3.94. The fourth-order valence-electron chi connectivity index (χ4n) is 2.60. The van der Waals surface area contributed by atoms with E-state index >= 15 is 0 Å². The molecule has 2 unspecified atom stereocenters. The van der Waals surface area contributed by atoms with Crippen molar-refractivity contribution in [2.45, 2.75) is 58.2 Å². The maximum Gasteiger partial charge on any atom is 0.0494 e. The van der Waals surface area contributed by atoms with E-state index < -0.39 is 0 Å². The highest BCUT2D eigenvalue weighted by atomic mass is 16.3. The molecule has 1 aliphatic heterocycles. The molecule has 0 aromatic carbocycles. The highest BCUT2D eigenvalue weighted by molar-refractivity contribution is 4.96.